The zero-order valence-corrected chi connectivity index (χ0v) is 22.6. The van der Waals surface area contributed by atoms with Crippen molar-refractivity contribution in [3.8, 4) is 17.0 Å². The fraction of sp³-hybridized carbons (Fsp3) is 0.310. The van der Waals surface area contributed by atoms with Crippen LogP contribution < -0.4 is 15.4 Å². The van der Waals surface area contributed by atoms with Gasteiger partial charge in [0.2, 0.25) is 0 Å². The minimum atomic E-state index is -2.88. The second-order valence-corrected chi connectivity index (χ2v) is 9.60. The van der Waals surface area contributed by atoms with Gasteiger partial charge in [0.05, 0.1) is 18.5 Å². The van der Waals surface area contributed by atoms with Crippen LogP contribution in [0.15, 0.2) is 61.1 Å². The van der Waals surface area contributed by atoms with Crippen LogP contribution in [0.5, 0.6) is 5.75 Å². The van der Waals surface area contributed by atoms with E-state index in [1.54, 1.807) is 48.6 Å². The van der Waals surface area contributed by atoms with Gasteiger partial charge in [-0.15, -0.1) is 0 Å². The van der Waals surface area contributed by atoms with Gasteiger partial charge in [-0.05, 0) is 74.7 Å². The van der Waals surface area contributed by atoms with Gasteiger partial charge in [-0.3, -0.25) is 9.20 Å². The third kappa shape index (κ3) is 6.37. The fourth-order valence-corrected chi connectivity index (χ4v) is 4.88. The highest BCUT2D eigenvalue weighted by atomic mass is 19.3. The van der Waals surface area contributed by atoms with Crippen LogP contribution >= 0.6 is 0 Å². The molecule has 3 heterocycles. The number of aromatic nitrogens is 3. The molecule has 0 radical (unpaired) electrons. The molecule has 5 rings (SSSR count). The number of alkyl halides is 2. The monoisotopic (exact) mass is 564 g/mol. The van der Waals surface area contributed by atoms with Crippen molar-refractivity contribution in [2.75, 3.05) is 25.0 Å². The predicted molar refractivity (Wildman–Crippen MR) is 149 cm³/mol. The summed E-state index contributed by atoms with van der Waals surface area (Å²) >= 11 is 0. The summed E-state index contributed by atoms with van der Waals surface area (Å²) in [5.74, 6) is 0.548. The van der Waals surface area contributed by atoms with E-state index in [9.17, 15) is 18.4 Å². The third-order valence-corrected chi connectivity index (χ3v) is 6.90. The highest BCUT2D eigenvalue weighted by molar-refractivity contribution is 5.96. The number of amides is 2. The van der Waals surface area contributed by atoms with Crippen molar-refractivity contribution in [1.82, 2.24) is 24.6 Å². The number of likely N-dealkylation sites (tertiary alicyclic amines) is 1. The number of benzene rings is 2. The zero-order chi connectivity index (χ0) is 28.9. The van der Waals surface area contributed by atoms with Crippen LogP contribution in [-0.2, 0) is 4.74 Å². The molecule has 0 spiro atoms. The maximum atomic E-state index is 13.2. The lowest BCUT2D eigenvalue weighted by atomic mass is 10.0. The zero-order valence-electron chi connectivity index (χ0n) is 22.6. The molecule has 1 aliphatic rings. The summed E-state index contributed by atoms with van der Waals surface area (Å²) in [6.07, 6.45) is 6.00. The average Bonchev–Trinajstić information content (AvgIpc) is 3.39. The van der Waals surface area contributed by atoms with Crippen LogP contribution in [0.1, 0.15) is 35.7 Å². The average molecular weight is 565 g/mol. The normalized spacial score (nSPS) is 13.8. The first-order valence-electron chi connectivity index (χ1n) is 13.3. The third-order valence-electron chi connectivity index (χ3n) is 6.90. The van der Waals surface area contributed by atoms with E-state index >= 15 is 0 Å². The van der Waals surface area contributed by atoms with Crippen molar-refractivity contribution in [2.24, 2.45) is 0 Å². The van der Waals surface area contributed by atoms with E-state index in [1.165, 1.54) is 12.1 Å². The SMILES string of the molecule is CCOC(=O)NC1CCN(C(=O)c2ccc(Nc3nccn4c(-c5ccc(OC(F)F)cc5)cnc34)cc2C)CC1. The Bertz CT molecular complexity index is 1530. The number of hydrogen-bond donors (Lipinski definition) is 2. The Labute approximate surface area is 235 Å². The number of hydrogen-bond acceptors (Lipinski definition) is 7. The fourth-order valence-electron chi connectivity index (χ4n) is 4.88. The molecular weight excluding hydrogens is 534 g/mol. The maximum Gasteiger partial charge on any atom is 0.407 e. The second-order valence-electron chi connectivity index (χ2n) is 9.60. The van der Waals surface area contributed by atoms with Gasteiger partial charge >= 0.3 is 12.7 Å². The number of piperidine rings is 1. The number of imidazole rings is 1. The number of fused-ring (bicyclic) bond motifs is 1. The summed E-state index contributed by atoms with van der Waals surface area (Å²) in [7, 11) is 0. The minimum absolute atomic E-state index is 0.0111. The van der Waals surface area contributed by atoms with Gasteiger partial charge in [-0.25, -0.2) is 14.8 Å². The Hall–Kier alpha value is -4.74. The lowest BCUT2D eigenvalue weighted by Crippen LogP contribution is -2.46. The number of anilines is 2. The molecule has 2 amide bonds. The van der Waals surface area contributed by atoms with Gasteiger partial charge in [0.15, 0.2) is 11.5 Å². The van der Waals surface area contributed by atoms with Crippen molar-refractivity contribution < 1.29 is 27.8 Å². The van der Waals surface area contributed by atoms with Gasteiger partial charge < -0.3 is 25.0 Å². The Kier molecular flexibility index (Phi) is 8.27. The van der Waals surface area contributed by atoms with Crippen LogP contribution in [0.25, 0.3) is 16.9 Å². The summed E-state index contributed by atoms with van der Waals surface area (Å²) in [4.78, 5) is 35.7. The Morgan fingerprint density at radius 3 is 2.54 bits per heavy atom. The highest BCUT2D eigenvalue weighted by Crippen LogP contribution is 2.28. The number of aryl methyl sites for hydroxylation is 1. The quantitative estimate of drug-likeness (QED) is 0.295. The predicted octanol–water partition coefficient (Wildman–Crippen LogP) is 5.40. The Balaban J connectivity index is 1.26. The molecule has 0 saturated carbocycles. The molecule has 10 nitrogen and oxygen atoms in total. The second kappa shape index (κ2) is 12.2. The van der Waals surface area contributed by atoms with E-state index in [0.717, 1.165) is 22.5 Å². The van der Waals surface area contributed by atoms with Crippen molar-refractivity contribution >= 4 is 29.2 Å². The molecule has 1 fully saturated rings. The van der Waals surface area contributed by atoms with Gasteiger partial charge in [0.1, 0.15) is 5.75 Å². The topological polar surface area (TPSA) is 110 Å². The van der Waals surface area contributed by atoms with Crippen molar-refractivity contribution in [2.45, 2.75) is 39.3 Å². The van der Waals surface area contributed by atoms with E-state index in [1.807, 2.05) is 23.5 Å². The van der Waals surface area contributed by atoms with E-state index in [-0.39, 0.29) is 17.7 Å². The van der Waals surface area contributed by atoms with Gasteiger partial charge in [-0.2, -0.15) is 8.78 Å². The molecule has 4 aromatic rings. The molecule has 0 aliphatic carbocycles. The molecular formula is C29H30F2N6O4. The van der Waals surface area contributed by atoms with Gasteiger partial charge in [0.25, 0.3) is 5.91 Å². The molecule has 12 heteroatoms. The first-order valence-corrected chi connectivity index (χ1v) is 13.3. The number of ether oxygens (including phenoxy) is 2. The number of carbonyl (C=O) groups excluding carboxylic acids is 2. The van der Waals surface area contributed by atoms with Crippen LogP contribution in [0, 0.1) is 6.92 Å². The summed E-state index contributed by atoms with van der Waals surface area (Å²) < 4.78 is 36.2. The number of halogens is 2. The van der Waals surface area contributed by atoms with Gasteiger partial charge in [-0.1, -0.05) is 0 Å². The van der Waals surface area contributed by atoms with Crippen LogP contribution in [-0.4, -0.2) is 63.6 Å². The Morgan fingerprint density at radius 2 is 1.85 bits per heavy atom. The van der Waals surface area contributed by atoms with E-state index in [0.29, 0.717) is 49.6 Å². The molecule has 0 atom stereocenters. The van der Waals surface area contributed by atoms with E-state index in [4.69, 9.17) is 4.74 Å². The molecule has 0 bridgehead atoms. The standard InChI is InChI=1S/C29H30F2N6O4/c1-3-40-29(39)35-20-10-13-36(14-11-20)27(38)23-9-6-21(16-18(23)2)34-25-26-33-17-24(37(26)15-12-32-25)19-4-7-22(8-5-19)41-28(30)31/h4-9,12,15-17,20,28H,3,10-11,13-14H2,1-2H3,(H,32,34)(H,35,39). The van der Waals surface area contributed by atoms with Crippen LogP contribution in [0.2, 0.25) is 0 Å². The molecule has 0 unspecified atom stereocenters. The van der Waals surface area contributed by atoms with Crippen LogP contribution in [0.3, 0.4) is 0 Å². The lowest BCUT2D eigenvalue weighted by Gasteiger charge is -2.32. The maximum absolute atomic E-state index is 13.2. The highest BCUT2D eigenvalue weighted by Gasteiger charge is 2.26. The number of nitrogens with one attached hydrogen (secondary N) is 2. The molecule has 1 saturated heterocycles. The van der Waals surface area contributed by atoms with Crippen molar-refractivity contribution in [3.05, 3.63) is 72.2 Å². The molecule has 2 aromatic carbocycles. The van der Waals surface area contributed by atoms with Crippen molar-refractivity contribution in [1.29, 1.82) is 0 Å². The summed E-state index contributed by atoms with van der Waals surface area (Å²) in [6.45, 7) is 2.17. The van der Waals surface area contributed by atoms with E-state index < -0.39 is 12.7 Å². The molecule has 1 aliphatic heterocycles. The first-order chi connectivity index (χ1) is 19.8. The largest absolute Gasteiger partial charge is 0.450 e. The molecule has 214 valence electrons. The number of nitrogens with zero attached hydrogens (tertiary/aromatic N) is 4. The van der Waals surface area contributed by atoms with Gasteiger partial charge in [0, 0.05) is 48.3 Å². The number of alkyl carbamates (subject to hydrolysis) is 1. The molecule has 2 aromatic heterocycles. The Morgan fingerprint density at radius 1 is 1.10 bits per heavy atom. The smallest absolute Gasteiger partial charge is 0.407 e. The molecule has 2 N–H and O–H groups in total. The van der Waals surface area contributed by atoms with Crippen molar-refractivity contribution in [3.63, 3.8) is 0 Å². The molecule has 41 heavy (non-hydrogen) atoms. The number of carbonyl (C=O) groups is 2. The first kappa shape index (κ1) is 27.8. The van der Waals surface area contributed by atoms with Crippen LogP contribution in [0.4, 0.5) is 25.1 Å². The lowest BCUT2D eigenvalue weighted by molar-refractivity contribution is -0.0498. The van der Waals surface area contributed by atoms with E-state index in [2.05, 4.69) is 25.3 Å². The summed E-state index contributed by atoms with van der Waals surface area (Å²) in [5, 5.41) is 6.13. The summed E-state index contributed by atoms with van der Waals surface area (Å²) in [5.41, 5.74) is 4.28. The number of rotatable bonds is 8. The summed E-state index contributed by atoms with van der Waals surface area (Å²) in [6, 6.07) is 11.8. The minimum Gasteiger partial charge on any atom is -0.450 e.